The standard InChI is InChI=1S/C14H22N2/c1-11(12-8-9-12)16(2)14(10-15)13-6-4-3-5-7-13/h3-7,11-12,14H,8-10,15H2,1-2H3. The van der Waals surface area contributed by atoms with E-state index in [9.17, 15) is 0 Å². The van der Waals surface area contributed by atoms with Crippen LogP contribution < -0.4 is 5.73 Å². The predicted molar refractivity (Wildman–Crippen MR) is 68.2 cm³/mol. The van der Waals surface area contributed by atoms with Crippen LogP contribution in [0.4, 0.5) is 0 Å². The van der Waals surface area contributed by atoms with E-state index in [1.807, 2.05) is 0 Å². The molecule has 2 N–H and O–H groups in total. The Kier molecular flexibility index (Phi) is 3.62. The summed E-state index contributed by atoms with van der Waals surface area (Å²) < 4.78 is 0. The molecule has 0 bridgehead atoms. The molecule has 0 aromatic heterocycles. The molecule has 2 nitrogen and oxygen atoms in total. The van der Waals surface area contributed by atoms with E-state index in [1.54, 1.807) is 0 Å². The van der Waals surface area contributed by atoms with Gasteiger partial charge in [0, 0.05) is 18.6 Å². The number of likely N-dealkylation sites (N-methyl/N-ethyl adjacent to an activating group) is 1. The first-order valence-electron chi connectivity index (χ1n) is 6.21. The van der Waals surface area contributed by atoms with Gasteiger partial charge in [0.05, 0.1) is 0 Å². The van der Waals surface area contributed by atoms with Gasteiger partial charge in [-0.25, -0.2) is 0 Å². The van der Waals surface area contributed by atoms with Crippen LogP contribution in [-0.4, -0.2) is 24.5 Å². The molecular weight excluding hydrogens is 196 g/mol. The molecule has 2 rings (SSSR count). The Labute approximate surface area is 98.4 Å². The molecule has 2 heteroatoms. The summed E-state index contributed by atoms with van der Waals surface area (Å²) in [5.41, 5.74) is 7.26. The molecule has 88 valence electrons. The molecule has 1 fully saturated rings. The molecular formula is C14H22N2. The molecule has 0 saturated heterocycles. The predicted octanol–water partition coefficient (Wildman–Crippen LogP) is 2.42. The SMILES string of the molecule is CC(C1CC1)N(C)C(CN)c1ccccc1. The number of nitrogens with two attached hydrogens (primary N) is 1. The van der Waals surface area contributed by atoms with Crippen LogP contribution in [0, 0.1) is 5.92 Å². The van der Waals surface area contributed by atoms with E-state index >= 15 is 0 Å². The summed E-state index contributed by atoms with van der Waals surface area (Å²) in [5.74, 6) is 0.891. The van der Waals surface area contributed by atoms with Gasteiger partial charge in [-0.3, -0.25) is 4.90 Å². The summed E-state index contributed by atoms with van der Waals surface area (Å²) in [6, 6.07) is 11.6. The Morgan fingerprint density at radius 2 is 1.94 bits per heavy atom. The van der Waals surface area contributed by atoms with Crippen LogP contribution in [0.5, 0.6) is 0 Å². The van der Waals surface area contributed by atoms with Crippen LogP contribution in [0.2, 0.25) is 0 Å². The van der Waals surface area contributed by atoms with Gasteiger partial charge in [-0.2, -0.15) is 0 Å². The van der Waals surface area contributed by atoms with Crippen LogP contribution in [-0.2, 0) is 0 Å². The number of nitrogens with zero attached hydrogens (tertiary/aromatic N) is 1. The monoisotopic (exact) mass is 218 g/mol. The third-order valence-corrected chi connectivity index (χ3v) is 3.85. The van der Waals surface area contributed by atoms with Crippen molar-refractivity contribution in [1.29, 1.82) is 0 Å². The van der Waals surface area contributed by atoms with Crippen molar-refractivity contribution in [3.8, 4) is 0 Å². The lowest BCUT2D eigenvalue weighted by molar-refractivity contribution is 0.171. The van der Waals surface area contributed by atoms with Gasteiger partial charge in [-0.1, -0.05) is 30.3 Å². The summed E-state index contributed by atoms with van der Waals surface area (Å²) in [5, 5.41) is 0. The third kappa shape index (κ3) is 2.45. The van der Waals surface area contributed by atoms with Gasteiger partial charge in [0.25, 0.3) is 0 Å². The number of benzene rings is 1. The summed E-state index contributed by atoms with van der Waals surface area (Å²) in [7, 11) is 2.20. The third-order valence-electron chi connectivity index (χ3n) is 3.85. The van der Waals surface area contributed by atoms with Crippen molar-refractivity contribution in [3.05, 3.63) is 35.9 Å². The van der Waals surface area contributed by atoms with Gasteiger partial charge in [-0.05, 0) is 38.3 Å². The fourth-order valence-corrected chi connectivity index (χ4v) is 2.41. The highest BCUT2D eigenvalue weighted by atomic mass is 15.2. The molecule has 1 aromatic rings. The highest BCUT2D eigenvalue weighted by Crippen LogP contribution is 2.37. The molecule has 16 heavy (non-hydrogen) atoms. The molecule has 1 aromatic carbocycles. The first kappa shape index (κ1) is 11.6. The Balaban J connectivity index is 2.09. The Hall–Kier alpha value is -0.860. The van der Waals surface area contributed by atoms with Gasteiger partial charge >= 0.3 is 0 Å². The first-order chi connectivity index (χ1) is 7.74. The van der Waals surface area contributed by atoms with Crippen molar-refractivity contribution < 1.29 is 0 Å². The molecule has 2 atom stereocenters. The largest absolute Gasteiger partial charge is 0.329 e. The van der Waals surface area contributed by atoms with Crippen molar-refractivity contribution in [1.82, 2.24) is 4.90 Å². The Morgan fingerprint density at radius 3 is 2.44 bits per heavy atom. The van der Waals surface area contributed by atoms with Crippen LogP contribution >= 0.6 is 0 Å². The quantitative estimate of drug-likeness (QED) is 0.822. The molecule has 0 spiro atoms. The second kappa shape index (κ2) is 4.98. The number of hydrogen-bond donors (Lipinski definition) is 1. The Morgan fingerprint density at radius 1 is 1.31 bits per heavy atom. The zero-order valence-corrected chi connectivity index (χ0v) is 10.3. The van der Waals surface area contributed by atoms with Gasteiger partial charge in [0.1, 0.15) is 0 Å². The molecule has 0 aliphatic heterocycles. The minimum atomic E-state index is 0.358. The summed E-state index contributed by atoms with van der Waals surface area (Å²) >= 11 is 0. The van der Waals surface area contributed by atoms with Crippen molar-refractivity contribution >= 4 is 0 Å². The normalized spacial score (nSPS) is 19.8. The minimum Gasteiger partial charge on any atom is -0.329 e. The van der Waals surface area contributed by atoms with Crippen LogP contribution in [0.1, 0.15) is 31.4 Å². The molecule has 0 radical (unpaired) electrons. The molecule has 0 amide bonds. The summed E-state index contributed by atoms with van der Waals surface area (Å²) in [6.45, 7) is 3.01. The number of hydrogen-bond acceptors (Lipinski definition) is 2. The summed E-state index contributed by atoms with van der Waals surface area (Å²) in [4.78, 5) is 2.44. The smallest absolute Gasteiger partial charge is 0.0470 e. The van der Waals surface area contributed by atoms with Crippen molar-refractivity contribution in [3.63, 3.8) is 0 Å². The number of rotatable bonds is 5. The fraction of sp³-hybridized carbons (Fsp3) is 0.571. The maximum Gasteiger partial charge on any atom is 0.0470 e. The maximum atomic E-state index is 5.92. The van der Waals surface area contributed by atoms with Crippen LogP contribution in [0.25, 0.3) is 0 Å². The van der Waals surface area contributed by atoms with Gasteiger partial charge in [0.15, 0.2) is 0 Å². The van der Waals surface area contributed by atoms with Crippen LogP contribution in [0.3, 0.4) is 0 Å². The topological polar surface area (TPSA) is 29.3 Å². The van der Waals surface area contributed by atoms with E-state index in [4.69, 9.17) is 5.73 Å². The highest BCUT2D eigenvalue weighted by Gasteiger charge is 2.33. The van der Waals surface area contributed by atoms with Gasteiger partial charge < -0.3 is 5.73 Å². The zero-order chi connectivity index (χ0) is 11.5. The molecule has 0 heterocycles. The lowest BCUT2D eigenvalue weighted by atomic mass is 10.0. The lowest BCUT2D eigenvalue weighted by Gasteiger charge is -2.33. The van der Waals surface area contributed by atoms with Crippen molar-refractivity contribution in [2.24, 2.45) is 11.7 Å². The molecule has 1 aliphatic carbocycles. The van der Waals surface area contributed by atoms with Gasteiger partial charge in [0.2, 0.25) is 0 Å². The summed E-state index contributed by atoms with van der Waals surface area (Å²) in [6.07, 6.45) is 2.77. The van der Waals surface area contributed by atoms with E-state index in [0.29, 0.717) is 18.6 Å². The molecule has 2 unspecified atom stereocenters. The van der Waals surface area contributed by atoms with Crippen molar-refractivity contribution in [2.75, 3.05) is 13.6 Å². The molecule has 1 saturated carbocycles. The van der Waals surface area contributed by atoms with Crippen molar-refractivity contribution in [2.45, 2.75) is 31.8 Å². The van der Waals surface area contributed by atoms with E-state index in [0.717, 1.165) is 5.92 Å². The minimum absolute atomic E-state index is 0.358. The average Bonchev–Trinajstić information content (AvgIpc) is 3.14. The molecule has 1 aliphatic rings. The van der Waals surface area contributed by atoms with E-state index in [2.05, 4.69) is 49.2 Å². The second-order valence-corrected chi connectivity index (χ2v) is 4.91. The maximum absolute atomic E-state index is 5.92. The van der Waals surface area contributed by atoms with E-state index in [1.165, 1.54) is 18.4 Å². The highest BCUT2D eigenvalue weighted by molar-refractivity contribution is 5.19. The van der Waals surface area contributed by atoms with Gasteiger partial charge in [-0.15, -0.1) is 0 Å². The average molecular weight is 218 g/mol. The lowest BCUT2D eigenvalue weighted by Crippen LogP contribution is -2.38. The Bertz CT molecular complexity index is 319. The second-order valence-electron chi connectivity index (χ2n) is 4.91. The van der Waals surface area contributed by atoms with E-state index < -0.39 is 0 Å². The first-order valence-corrected chi connectivity index (χ1v) is 6.21. The fourth-order valence-electron chi connectivity index (χ4n) is 2.41. The zero-order valence-electron chi connectivity index (χ0n) is 10.3. The van der Waals surface area contributed by atoms with E-state index in [-0.39, 0.29) is 0 Å². The van der Waals surface area contributed by atoms with Crippen LogP contribution in [0.15, 0.2) is 30.3 Å².